The van der Waals surface area contributed by atoms with Crippen molar-refractivity contribution < 1.29 is 0 Å². The summed E-state index contributed by atoms with van der Waals surface area (Å²) in [6, 6.07) is 0. The fourth-order valence-electron chi connectivity index (χ4n) is 0.260. The number of alkyl halides is 3. The summed E-state index contributed by atoms with van der Waals surface area (Å²) in [5, 5.41) is 0.945. The monoisotopic (exact) mass is 304 g/mol. The maximum atomic E-state index is 3.34. The van der Waals surface area contributed by atoms with E-state index in [0.29, 0.717) is 3.74 Å². The summed E-state index contributed by atoms with van der Waals surface area (Å²) in [6.45, 7) is 2.07. The molecule has 0 nitrogen and oxygen atoms in total. The van der Waals surface area contributed by atoms with E-state index in [-0.39, 0.29) is 0 Å². The lowest BCUT2D eigenvalue weighted by molar-refractivity contribution is 1.39. The maximum absolute atomic E-state index is 3.34. The Morgan fingerprint density at radius 2 is 2.12 bits per heavy atom. The second-order valence-electron chi connectivity index (χ2n) is 1.48. The Morgan fingerprint density at radius 3 is 2.25 bits per heavy atom. The van der Waals surface area contributed by atoms with Crippen LogP contribution >= 0.6 is 47.8 Å². The van der Waals surface area contributed by atoms with Gasteiger partial charge in [-0.15, -0.1) is 0 Å². The van der Waals surface area contributed by atoms with Crippen LogP contribution in [0.1, 0.15) is 6.92 Å². The van der Waals surface area contributed by atoms with Crippen molar-refractivity contribution in [3.8, 4) is 0 Å². The van der Waals surface area contributed by atoms with Crippen LogP contribution in [0.25, 0.3) is 0 Å². The molecule has 0 aromatic heterocycles. The van der Waals surface area contributed by atoms with E-state index in [1.165, 1.54) is 5.57 Å². The van der Waals surface area contributed by atoms with Gasteiger partial charge < -0.3 is 0 Å². The lowest BCUT2D eigenvalue weighted by Crippen LogP contribution is -1.81. The first-order valence-corrected chi connectivity index (χ1v) is 5.13. The fraction of sp³-hybridized carbons (Fsp3) is 0.600. The third-order valence-electron chi connectivity index (χ3n) is 0.621. The molecule has 0 aliphatic carbocycles. The first kappa shape index (κ1) is 9.18. The summed E-state index contributed by atoms with van der Waals surface area (Å²) >= 11 is 10.0. The molecule has 0 spiro atoms. The molecule has 0 aliphatic rings. The smallest absolute Gasteiger partial charge is 0.0880 e. The predicted octanol–water partition coefficient (Wildman–Crippen LogP) is 3.44. The molecule has 0 fully saturated rings. The number of rotatable bonds is 2. The van der Waals surface area contributed by atoms with Crippen molar-refractivity contribution in [3.63, 3.8) is 0 Å². The quantitative estimate of drug-likeness (QED) is 0.541. The summed E-state index contributed by atoms with van der Waals surface area (Å²) in [5.41, 5.74) is 1.32. The van der Waals surface area contributed by atoms with E-state index < -0.39 is 0 Å². The van der Waals surface area contributed by atoms with Crippen LogP contribution in [0.15, 0.2) is 11.6 Å². The highest BCUT2D eigenvalue weighted by atomic mass is 79.9. The Labute approximate surface area is 75.1 Å². The van der Waals surface area contributed by atoms with Gasteiger partial charge >= 0.3 is 0 Å². The predicted molar refractivity (Wildman–Crippen MR) is 49.2 cm³/mol. The summed E-state index contributed by atoms with van der Waals surface area (Å²) in [4.78, 5) is 0. The van der Waals surface area contributed by atoms with Gasteiger partial charge in [0.05, 0.1) is 3.74 Å². The second kappa shape index (κ2) is 5.00. The highest BCUT2D eigenvalue weighted by molar-refractivity contribution is 9.24. The van der Waals surface area contributed by atoms with E-state index in [1.807, 2.05) is 0 Å². The normalized spacial score (nSPS) is 12.9. The van der Waals surface area contributed by atoms with Crippen molar-refractivity contribution in [1.29, 1.82) is 0 Å². The van der Waals surface area contributed by atoms with Crippen molar-refractivity contribution in [1.82, 2.24) is 0 Å². The molecule has 0 atom stereocenters. The average molecular weight is 307 g/mol. The highest BCUT2D eigenvalue weighted by Crippen LogP contribution is 2.12. The standard InChI is InChI=1S/C5H7Br3/c1-4(3-6)2-5(7)8/h2,5H,3H2,1H3. The van der Waals surface area contributed by atoms with Gasteiger partial charge in [0.2, 0.25) is 0 Å². The summed E-state index contributed by atoms with van der Waals surface area (Å²) in [6.07, 6.45) is 2.09. The van der Waals surface area contributed by atoms with E-state index in [2.05, 4.69) is 60.8 Å². The molecule has 0 bridgehead atoms. The molecule has 0 amide bonds. The first-order valence-electron chi connectivity index (χ1n) is 2.18. The Hall–Kier alpha value is 1.18. The minimum Gasteiger partial charge on any atom is -0.0880 e. The summed E-state index contributed by atoms with van der Waals surface area (Å²) in [7, 11) is 0. The van der Waals surface area contributed by atoms with E-state index >= 15 is 0 Å². The molecule has 0 unspecified atom stereocenters. The minimum absolute atomic E-state index is 0.313. The van der Waals surface area contributed by atoms with Gasteiger partial charge in [0, 0.05) is 5.33 Å². The van der Waals surface area contributed by atoms with Crippen molar-refractivity contribution in [2.45, 2.75) is 10.7 Å². The Kier molecular flexibility index (Phi) is 5.74. The van der Waals surface area contributed by atoms with Crippen LogP contribution in [0.5, 0.6) is 0 Å². The van der Waals surface area contributed by atoms with Crippen LogP contribution in [-0.2, 0) is 0 Å². The Bertz CT molecular complexity index is 85.7. The molecule has 0 saturated heterocycles. The van der Waals surface area contributed by atoms with Crippen LogP contribution < -0.4 is 0 Å². The van der Waals surface area contributed by atoms with Crippen LogP contribution in [0, 0.1) is 0 Å². The number of hydrogen-bond acceptors (Lipinski definition) is 0. The second-order valence-corrected chi connectivity index (χ2v) is 5.24. The molecule has 3 heteroatoms. The van der Waals surface area contributed by atoms with E-state index in [4.69, 9.17) is 0 Å². The topological polar surface area (TPSA) is 0 Å². The lowest BCUT2D eigenvalue weighted by atomic mass is 10.3. The van der Waals surface area contributed by atoms with Gasteiger partial charge in [-0.3, -0.25) is 0 Å². The van der Waals surface area contributed by atoms with Gasteiger partial charge in [-0.05, 0) is 6.92 Å². The van der Waals surface area contributed by atoms with Crippen molar-refractivity contribution in [2.24, 2.45) is 0 Å². The van der Waals surface area contributed by atoms with E-state index in [1.54, 1.807) is 0 Å². The molecule has 0 radical (unpaired) electrons. The molecule has 0 saturated carbocycles. The largest absolute Gasteiger partial charge is 0.0880 e. The van der Waals surface area contributed by atoms with Gasteiger partial charge in [0.1, 0.15) is 0 Å². The van der Waals surface area contributed by atoms with Crippen molar-refractivity contribution in [3.05, 3.63) is 11.6 Å². The van der Waals surface area contributed by atoms with Gasteiger partial charge in [0.15, 0.2) is 0 Å². The van der Waals surface area contributed by atoms with Crippen LogP contribution in [0.3, 0.4) is 0 Å². The van der Waals surface area contributed by atoms with Gasteiger partial charge in [-0.25, -0.2) is 0 Å². The SMILES string of the molecule is CC(=CC(Br)Br)CBr. The molecule has 0 N–H and O–H groups in total. The zero-order valence-electron chi connectivity index (χ0n) is 4.50. The molecule has 0 aromatic carbocycles. The van der Waals surface area contributed by atoms with Crippen molar-refractivity contribution in [2.75, 3.05) is 5.33 Å². The number of halogens is 3. The van der Waals surface area contributed by atoms with Crippen LogP contribution in [0.2, 0.25) is 0 Å². The molecule has 0 aromatic rings. The molecule has 8 heavy (non-hydrogen) atoms. The lowest BCUT2D eigenvalue weighted by Gasteiger charge is -1.93. The van der Waals surface area contributed by atoms with E-state index in [0.717, 1.165) is 5.33 Å². The average Bonchev–Trinajstić information content (AvgIpc) is 1.65. The third-order valence-corrected chi connectivity index (χ3v) is 2.03. The Morgan fingerprint density at radius 1 is 1.62 bits per heavy atom. The van der Waals surface area contributed by atoms with Gasteiger partial charge in [-0.2, -0.15) is 0 Å². The molecule has 0 rings (SSSR count). The summed E-state index contributed by atoms with van der Waals surface area (Å²) < 4.78 is 0.313. The van der Waals surface area contributed by atoms with Crippen LogP contribution in [0.4, 0.5) is 0 Å². The third kappa shape index (κ3) is 5.32. The zero-order valence-corrected chi connectivity index (χ0v) is 9.25. The molecular formula is C5H7Br3. The van der Waals surface area contributed by atoms with Crippen molar-refractivity contribution >= 4 is 47.8 Å². The first-order chi connectivity index (χ1) is 3.66. The number of allylic oxidation sites excluding steroid dienone is 2. The summed E-state index contributed by atoms with van der Waals surface area (Å²) in [5.74, 6) is 0. The van der Waals surface area contributed by atoms with Gasteiger partial charge in [0.25, 0.3) is 0 Å². The van der Waals surface area contributed by atoms with Gasteiger partial charge in [-0.1, -0.05) is 59.4 Å². The van der Waals surface area contributed by atoms with Crippen LogP contribution in [-0.4, -0.2) is 9.07 Å². The molecule has 0 aliphatic heterocycles. The molecule has 0 heterocycles. The molecular weight excluding hydrogens is 300 g/mol. The fourth-order valence-corrected chi connectivity index (χ4v) is 1.35. The number of hydrogen-bond donors (Lipinski definition) is 0. The maximum Gasteiger partial charge on any atom is 0.0880 e. The highest BCUT2D eigenvalue weighted by Gasteiger charge is 1.90. The zero-order chi connectivity index (χ0) is 6.57. The Balaban J connectivity index is 3.56. The molecule has 48 valence electrons. The minimum atomic E-state index is 0.313. The van der Waals surface area contributed by atoms with E-state index in [9.17, 15) is 0 Å².